The number of benzene rings is 1. The summed E-state index contributed by atoms with van der Waals surface area (Å²) in [5, 5.41) is 14.1. The molecule has 8 heteroatoms. The molecule has 1 saturated heterocycles. The first-order chi connectivity index (χ1) is 14.5. The average Bonchev–Trinajstić information content (AvgIpc) is 3.25. The van der Waals surface area contributed by atoms with E-state index in [1.807, 2.05) is 24.3 Å². The highest BCUT2D eigenvalue weighted by Gasteiger charge is 2.27. The Bertz CT molecular complexity index is 807. The first-order valence-electron chi connectivity index (χ1n) is 10.8. The summed E-state index contributed by atoms with van der Waals surface area (Å²) in [5.41, 5.74) is 1.03. The third-order valence-corrected chi connectivity index (χ3v) is 5.51. The van der Waals surface area contributed by atoms with Gasteiger partial charge in [-0.2, -0.15) is 5.10 Å². The van der Waals surface area contributed by atoms with E-state index in [0.29, 0.717) is 12.4 Å². The van der Waals surface area contributed by atoms with E-state index in [-0.39, 0.29) is 5.54 Å². The van der Waals surface area contributed by atoms with Gasteiger partial charge >= 0.3 is 0 Å². The van der Waals surface area contributed by atoms with Crippen molar-refractivity contribution in [1.82, 2.24) is 30.7 Å². The Kier molecular flexibility index (Phi) is 7.68. The number of ether oxygens (including phenoxy) is 1. The standard InChI is InChI=1S/C22H35N7O/c1-5-23-21(25-16-22(2,3)29-13-7-6-8-14-29)24-15-19-26-20(28-27-19)17-9-11-18(30-4)12-10-17/h9-12H,5-8,13-16H2,1-4H3,(H2,23,24,25)(H,26,27,28). The van der Waals surface area contributed by atoms with Gasteiger partial charge in [-0.3, -0.25) is 10.00 Å². The van der Waals surface area contributed by atoms with Crippen molar-refractivity contribution in [1.29, 1.82) is 0 Å². The van der Waals surface area contributed by atoms with Crippen molar-refractivity contribution >= 4 is 5.96 Å². The number of nitrogens with zero attached hydrogens (tertiary/aromatic N) is 4. The van der Waals surface area contributed by atoms with Crippen LogP contribution in [0, 0.1) is 0 Å². The van der Waals surface area contributed by atoms with Gasteiger partial charge in [0.1, 0.15) is 18.1 Å². The molecular weight excluding hydrogens is 378 g/mol. The number of aliphatic imine (C=N–C) groups is 1. The largest absolute Gasteiger partial charge is 0.497 e. The maximum atomic E-state index is 5.20. The molecule has 8 nitrogen and oxygen atoms in total. The Morgan fingerprint density at radius 3 is 2.57 bits per heavy atom. The van der Waals surface area contributed by atoms with E-state index >= 15 is 0 Å². The lowest BCUT2D eigenvalue weighted by Gasteiger charge is -2.41. The zero-order valence-corrected chi connectivity index (χ0v) is 18.7. The van der Waals surface area contributed by atoms with Crippen molar-refractivity contribution in [3.63, 3.8) is 0 Å². The van der Waals surface area contributed by atoms with Crippen LogP contribution in [0.1, 0.15) is 45.9 Å². The van der Waals surface area contributed by atoms with E-state index < -0.39 is 0 Å². The Morgan fingerprint density at radius 2 is 1.90 bits per heavy atom. The minimum Gasteiger partial charge on any atom is -0.497 e. The molecule has 0 atom stereocenters. The van der Waals surface area contributed by atoms with E-state index in [0.717, 1.165) is 36.2 Å². The van der Waals surface area contributed by atoms with Gasteiger partial charge in [0.25, 0.3) is 0 Å². The van der Waals surface area contributed by atoms with Crippen molar-refractivity contribution in [3.05, 3.63) is 30.1 Å². The number of rotatable bonds is 8. The molecule has 0 radical (unpaired) electrons. The van der Waals surface area contributed by atoms with E-state index in [1.165, 1.54) is 32.4 Å². The van der Waals surface area contributed by atoms with Gasteiger partial charge in [-0.1, -0.05) is 6.42 Å². The van der Waals surface area contributed by atoms with Gasteiger partial charge in [0, 0.05) is 24.2 Å². The second kappa shape index (κ2) is 10.4. The highest BCUT2D eigenvalue weighted by Crippen LogP contribution is 2.20. The molecule has 0 bridgehead atoms. The lowest BCUT2D eigenvalue weighted by atomic mass is 9.98. The van der Waals surface area contributed by atoms with Crippen LogP contribution >= 0.6 is 0 Å². The normalized spacial score (nSPS) is 15.8. The molecule has 0 aliphatic carbocycles. The topological polar surface area (TPSA) is 90.5 Å². The molecule has 0 amide bonds. The summed E-state index contributed by atoms with van der Waals surface area (Å²) < 4.78 is 5.20. The summed E-state index contributed by atoms with van der Waals surface area (Å²) >= 11 is 0. The van der Waals surface area contributed by atoms with Crippen LogP contribution in [0.25, 0.3) is 11.4 Å². The third kappa shape index (κ3) is 5.95. The molecule has 1 fully saturated rings. The van der Waals surface area contributed by atoms with Crippen LogP contribution in [0.5, 0.6) is 5.75 Å². The fraction of sp³-hybridized carbons (Fsp3) is 0.591. The highest BCUT2D eigenvalue weighted by atomic mass is 16.5. The highest BCUT2D eigenvalue weighted by molar-refractivity contribution is 5.79. The number of guanidine groups is 1. The van der Waals surface area contributed by atoms with Crippen LogP contribution in [0.3, 0.4) is 0 Å². The van der Waals surface area contributed by atoms with Crippen molar-refractivity contribution in [2.75, 3.05) is 33.3 Å². The molecule has 1 aromatic heterocycles. The predicted octanol–water partition coefficient (Wildman–Crippen LogP) is 2.80. The van der Waals surface area contributed by atoms with Crippen LogP contribution < -0.4 is 15.4 Å². The number of nitrogens with one attached hydrogen (secondary N) is 3. The molecule has 2 heterocycles. The first-order valence-corrected chi connectivity index (χ1v) is 10.8. The maximum Gasteiger partial charge on any atom is 0.191 e. The molecule has 1 aliphatic heterocycles. The number of methoxy groups -OCH3 is 1. The van der Waals surface area contributed by atoms with Gasteiger partial charge < -0.3 is 15.4 Å². The predicted molar refractivity (Wildman–Crippen MR) is 121 cm³/mol. The van der Waals surface area contributed by atoms with Gasteiger partial charge in [-0.05, 0) is 71.0 Å². The zero-order valence-electron chi connectivity index (χ0n) is 18.7. The van der Waals surface area contributed by atoms with Gasteiger partial charge in [-0.15, -0.1) is 0 Å². The molecule has 3 rings (SSSR count). The summed E-state index contributed by atoms with van der Waals surface area (Å²) in [6.07, 6.45) is 3.93. The second-order valence-electron chi connectivity index (χ2n) is 8.24. The van der Waals surface area contributed by atoms with Crippen LogP contribution in [-0.4, -0.2) is 64.9 Å². The maximum absolute atomic E-state index is 5.20. The molecule has 1 aliphatic rings. The average molecular weight is 414 g/mol. The van der Waals surface area contributed by atoms with Gasteiger partial charge in [0.05, 0.1) is 7.11 Å². The SMILES string of the molecule is CCNC(=NCc1nc(-c2ccc(OC)cc2)n[nH]1)NCC(C)(C)N1CCCCC1. The Morgan fingerprint density at radius 1 is 1.17 bits per heavy atom. The molecule has 3 N–H and O–H groups in total. The molecule has 0 saturated carbocycles. The lowest BCUT2D eigenvalue weighted by molar-refractivity contribution is 0.0982. The Labute approximate surface area is 179 Å². The minimum absolute atomic E-state index is 0.0877. The minimum atomic E-state index is 0.0877. The Balaban J connectivity index is 1.59. The number of H-pyrrole nitrogens is 1. The molecule has 0 unspecified atom stereocenters. The smallest absolute Gasteiger partial charge is 0.191 e. The Hall–Kier alpha value is -2.61. The molecule has 30 heavy (non-hydrogen) atoms. The van der Waals surface area contributed by atoms with Crippen molar-refractivity contribution in [2.24, 2.45) is 4.99 Å². The number of hydrogen-bond acceptors (Lipinski definition) is 5. The summed E-state index contributed by atoms with van der Waals surface area (Å²) in [4.78, 5) is 11.8. The third-order valence-electron chi connectivity index (χ3n) is 5.51. The van der Waals surface area contributed by atoms with Crippen molar-refractivity contribution in [3.8, 4) is 17.1 Å². The van der Waals surface area contributed by atoms with E-state index in [4.69, 9.17) is 4.74 Å². The van der Waals surface area contributed by atoms with Crippen LogP contribution in [0.15, 0.2) is 29.3 Å². The molecular formula is C22H35N7O. The number of piperidine rings is 1. The number of hydrogen-bond donors (Lipinski definition) is 3. The van der Waals surface area contributed by atoms with Crippen molar-refractivity contribution < 1.29 is 4.74 Å². The lowest BCUT2D eigenvalue weighted by Crippen LogP contribution is -2.54. The molecule has 0 spiro atoms. The first kappa shape index (κ1) is 22.1. The van der Waals surface area contributed by atoms with E-state index in [2.05, 4.69) is 56.5 Å². The monoisotopic (exact) mass is 413 g/mol. The molecule has 164 valence electrons. The zero-order chi connectivity index (χ0) is 21.4. The van der Waals surface area contributed by atoms with Crippen molar-refractivity contribution in [2.45, 2.75) is 52.1 Å². The summed E-state index contributed by atoms with van der Waals surface area (Å²) in [5.74, 6) is 3.00. The number of aromatic amines is 1. The molecule has 2 aromatic rings. The second-order valence-corrected chi connectivity index (χ2v) is 8.24. The molecule has 1 aromatic carbocycles. The van der Waals surface area contributed by atoms with Gasteiger partial charge in [-0.25, -0.2) is 9.98 Å². The summed E-state index contributed by atoms with van der Waals surface area (Å²) in [6, 6.07) is 7.70. The van der Waals surface area contributed by atoms with Crippen LogP contribution in [0.2, 0.25) is 0 Å². The van der Waals surface area contributed by atoms with Gasteiger partial charge in [0.2, 0.25) is 0 Å². The fourth-order valence-corrected chi connectivity index (χ4v) is 3.64. The van der Waals surface area contributed by atoms with E-state index in [1.54, 1.807) is 7.11 Å². The fourth-order valence-electron chi connectivity index (χ4n) is 3.64. The number of aromatic nitrogens is 3. The van der Waals surface area contributed by atoms with Crippen LogP contribution in [-0.2, 0) is 6.54 Å². The van der Waals surface area contributed by atoms with Gasteiger partial charge in [0.15, 0.2) is 11.8 Å². The summed E-state index contributed by atoms with van der Waals surface area (Å²) in [6.45, 7) is 11.1. The summed E-state index contributed by atoms with van der Waals surface area (Å²) in [7, 11) is 1.65. The quantitative estimate of drug-likeness (QED) is 0.455. The number of likely N-dealkylation sites (tertiary alicyclic amines) is 1. The van der Waals surface area contributed by atoms with E-state index in [9.17, 15) is 0 Å². The van der Waals surface area contributed by atoms with Crippen LogP contribution in [0.4, 0.5) is 0 Å².